The molecule has 0 saturated heterocycles. The van der Waals surface area contributed by atoms with E-state index in [0.717, 1.165) is 8.95 Å². The number of rotatable bonds is 4. The number of ketones is 1. The third-order valence-corrected chi connectivity index (χ3v) is 3.43. The molecule has 0 atom stereocenters. The molecule has 0 amide bonds. The second kappa shape index (κ2) is 7.77. The number of Topliss-reactive ketones (excluding diaryl/α,β-unsaturated/α-hetero) is 1. The zero-order chi connectivity index (χ0) is 14.7. The molecule has 1 aromatic carbocycles. The molecule has 5 nitrogen and oxygen atoms in total. The smallest absolute Gasteiger partial charge is 0.270 e. The van der Waals surface area contributed by atoms with Crippen LogP contribution >= 0.6 is 31.9 Å². The average molecular weight is 481 g/mol. The number of nitro groups is 1. The fourth-order valence-corrected chi connectivity index (χ4v) is 3.03. The van der Waals surface area contributed by atoms with Gasteiger partial charge in [-0.05, 0) is 37.9 Å². The van der Waals surface area contributed by atoms with Crippen molar-refractivity contribution in [1.82, 2.24) is 0 Å². The highest BCUT2D eigenvalue weighted by molar-refractivity contribution is 9.11. The summed E-state index contributed by atoms with van der Waals surface area (Å²) < 4.78 is 3.37. The second-order valence-electron chi connectivity index (χ2n) is 4.08. The number of carbonyl (C=O) groups excluding carboxylic acids is 1. The summed E-state index contributed by atoms with van der Waals surface area (Å²) >= 11 is 6.68. The molecule has 110 valence electrons. The first kappa shape index (κ1) is 17.9. The standard InChI is InChI=1S/C13H9Br2N2O3.BrH/c14-10-5-11(15)7-16(6-10)8-13(18)9-2-1-3-12(4-9)17(19)20;/h1-7H,8H2;1H/q+1;/p-1. The molecule has 0 spiro atoms. The number of pyridine rings is 1. The van der Waals surface area contributed by atoms with E-state index in [-0.39, 0.29) is 35.0 Å². The molecule has 2 rings (SSSR count). The molecule has 8 heteroatoms. The Balaban J connectivity index is 0.00000220. The van der Waals surface area contributed by atoms with E-state index in [4.69, 9.17) is 0 Å². The van der Waals surface area contributed by atoms with Crippen molar-refractivity contribution >= 4 is 43.3 Å². The minimum atomic E-state index is -0.514. The Hall–Kier alpha value is -1.12. The van der Waals surface area contributed by atoms with Gasteiger partial charge in [0.25, 0.3) is 5.69 Å². The normalized spacial score (nSPS) is 9.81. The first-order chi connectivity index (χ1) is 9.45. The molecule has 0 bridgehead atoms. The zero-order valence-corrected chi connectivity index (χ0v) is 15.3. The van der Waals surface area contributed by atoms with E-state index in [1.807, 2.05) is 6.07 Å². The maximum absolute atomic E-state index is 12.1. The maximum atomic E-state index is 12.1. The largest absolute Gasteiger partial charge is 1.00 e. The van der Waals surface area contributed by atoms with Crippen molar-refractivity contribution in [2.45, 2.75) is 6.54 Å². The Kier molecular flexibility index (Phi) is 6.63. The predicted molar refractivity (Wildman–Crippen MR) is 79.5 cm³/mol. The van der Waals surface area contributed by atoms with Gasteiger partial charge in [-0.25, -0.2) is 0 Å². The molecule has 0 aliphatic carbocycles. The van der Waals surface area contributed by atoms with Crippen molar-refractivity contribution in [3.8, 4) is 0 Å². The van der Waals surface area contributed by atoms with Crippen LogP contribution in [0.4, 0.5) is 5.69 Å². The third-order valence-electron chi connectivity index (χ3n) is 2.56. The van der Waals surface area contributed by atoms with Gasteiger partial charge in [0.05, 0.1) is 13.9 Å². The van der Waals surface area contributed by atoms with E-state index in [2.05, 4.69) is 31.9 Å². The van der Waals surface area contributed by atoms with E-state index in [1.165, 1.54) is 18.2 Å². The van der Waals surface area contributed by atoms with Crippen LogP contribution in [-0.4, -0.2) is 10.7 Å². The van der Waals surface area contributed by atoms with E-state index in [9.17, 15) is 14.9 Å². The quantitative estimate of drug-likeness (QED) is 0.273. The number of non-ortho nitro benzene ring substituents is 1. The van der Waals surface area contributed by atoms with Crippen molar-refractivity contribution < 1.29 is 31.3 Å². The highest BCUT2D eigenvalue weighted by Crippen LogP contribution is 2.15. The van der Waals surface area contributed by atoms with E-state index in [0.29, 0.717) is 5.56 Å². The van der Waals surface area contributed by atoms with Crippen molar-refractivity contribution in [1.29, 1.82) is 0 Å². The lowest BCUT2D eigenvalue weighted by Gasteiger charge is -2.00. The first-order valence-electron chi connectivity index (χ1n) is 5.58. The van der Waals surface area contributed by atoms with Gasteiger partial charge in [0, 0.05) is 17.7 Å². The van der Waals surface area contributed by atoms with Crippen LogP contribution in [0.15, 0.2) is 51.7 Å². The lowest BCUT2D eigenvalue weighted by atomic mass is 10.1. The van der Waals surface area contributed by atoms with E-state index < -0.39 is 4.92 Å². The predicted octanol–water partition coefficient (Wildman–Crippen LogP) is 0.294. The minimum Gasteiger partial charge on any atom is -1.00 e. The van der Waals surface area contributed by atoms with Crippen LogP contribution in [0.2, 0.25) is 0 Å². The summed E-state index contributed by atoms with van der Waals surface area (Å²) in [5.74, 6) is -0.191. The fourth-order valence-electron chi connectivity index (χ4n) is 1.70. The fraction of sp³-hybridized carbons (Fsp3) is 0.0769. The molecule has 21 heavy (non-hydrogen) atoms. The van der Waals surface area contributed by atoms with Crippen LogP contribution in [0.25, 0.3) is 0 Å². The summed E-state index contributed by atoms with van der Waals surface area (Å²) in [5, 5.41) is 10.7. The molecular weight excluding hydrogens is 472 g/mol. The molecule has 0 unspecified atom stereocenters. The number of nitrogens with zero attached hydrogens (tertiary/aromatic N) is 2. The van der Waals surface area contributed by atoms with Crippen LogP contribution in [-0.2, 0) is 6.54 Å². The summed E-state index contributed by atoms with van der Waals surface area (Å²) in [5.41, 5.74) is 0.235. The molecule has 1 heterocycles. The SMILES string of the molecule is O=C(C[n+]1cc(Br)cc(Br)c1)c1cccc([N+](=O)[O-])c1.[Br-]. The lowest BCUT2D eigenvalue weighted by Crippen LogP contribution is -3.00. The van der Waals surface area contributed by atoms with Gasteiger partial charge in [0.2, 0.25) is 12.3 Å². The maximum Gasteiger partial charge on any atom is 0.270 e. The topological polar surface area (TPSA) is 64.1 Å². The van der Waals surface area contributed by atoms with Gasteiger partial charge in [-0.3, -0.25) is 14.9 Å². The van der Waals surface area contributed by atoms with Gasteiger partial charge in [-0.15, -0.1) is 0 Å². The number of benzene rings is 1. The number of aromatic nitrogens is 1. The van der Waals surface area contributed by atoms with Crippen molar-refractivity contribution in [2.24, 2.45) is 0 Å². The number of hydrogen-bond acceptors (Lipinski definition) is 3. The number of hydrogen-bond donors (Lipinski definition) is 0. The Morgan fingerprint density at radius 1 is 1.19 bits per heavy atom. The van der Waals surface area contributed by atoms with Gasteiger partial charge < -0.3 is 17.0 Å². The Morgan fingerprint density at radius 2 is 1.81 bits per heavy atom. The van der Waals surface area contributed by atoms with Crippen LogP contribution in [0.1, 0.15) is 10.4 Å². The molecule has 0 N–H and O–H groups in total. The molecular formula is C13H9Br3N2O3. The second-order valence-corrected chi connectivity index (χ2v) is 5.91. The molecule has 0 radical (unpaired) electrons. The Labute approximate surface area is 148 Å². The number of carbonyl (C=O) groups is 1. The third kappa shape index (κ3) is 4.98. The van der Waals surface area contributed by atoms with Crippen LogP contribution < -0.4 is 21.5 Å². The molecule has 0 aliphatic rings. The van der Waals surface area contributed by atoms with E-state index in [1.54, 1.807) is 23.0 Å². The monoisotopic (exact) mass is 478 g/mol. The highest BCUT2D eigenvalue weighted by Gasteiger charge is 2.16. The molecule has 2 aromatic rings. The Bertz CT molecular complexity index is 672. The zero-order valence-electron chi connectivity index (χ0n) is 10.5. The molecule has 1 aromatic heterocycles. The van der Waals surface area contributed by atoms with Crippen molar-refractivity contribution in [2.75, 3.05) is 0 Å². The summed E-state index contributed by atoms with van der Waals surface area (Å²) in [6.07, 6.45) is 3.53. The van der Waals surface area contributed by atoms with Crippen molar-refractivity contribution in [3.63, 3.8) is 0 Å². The highest BCUT2D eigenvalue weighted by atomic mass is 79.9. The average Bonchev–Trinajstić information content (AvgIpc) is 2.37. The van der Waals surface area contributed by atoms with Crippen LogP contribution in [0.5, 0.6) is 0 Å². The van der Waals surface area contributed by atoms with Crippen molar-refractivity contribution in [3.05, 3.63) is 67.3 Å². The summed E-state index contributed by atoms with van der Waals surface area (Å²) in [6, 6.07) is 7.58. The minimum absolute atomic E-state index is 0. The molecule has 0 fully saturated rings. The van der Waals surface area contributed by atoms with E-state index >= 15 is 0 Å². The number of nitro benzene ring substituents is 1. The lowest BCUT2D eigenvalue weighted by molar-refractivity contribution is -0.684. The van der Waals surface area contributed by atoms with Gasteiger partial charge in [0.15, 0.2) is 12.4 Å². The summed E-state index contributed by atoms with van der Waals surface area (Å²) in [4.78, 5) is 22.3. The van der Waals surface area contributed by atoms with Gasteiger partial charge in [-0.1, -0.05) is 12.1 Å². The van der Waals surface area contributed by atoms with Crippen LogP contribution in [0, 0.1) is 10.1 Å². The van der Waals surface area contributed by atoms with Gasteiger partial charge in [0.1, 0.15) is 0 Å². The molecule has 0 saturated carbocycles. The summed E-state index contributed by atoms with van der Waals surface area (Å²) in [7, 11) is 0. The van der Waals surface area contributed by atoms with Crippen LogP contribution in [0.3, 0.4) is 0 Å². The first-order valence-corrected chi connectivity index (χ1v) is 7.17. The van der Waals surface area contributed by atoms with Gasteiger partial charge in [-0.2, -0.15) is 4.57 Å². The molecule has 0 aliphatic heterocycles. The number of halogens is 3. The Morgan fingerprint density at radius 3 is 2.38 bits per heavy atom. The summed E-state index contributed by atoms with van der Waals surface area (Å²) in [6.45, 7) is 0.110. The van der Waals surface area contributed by atoms with Gasteiger partial charge >= 0.3 is 0 Å².